The predicted octanol–water partition coefficient (Wildman–Crippen LogP) is 5.94. The van der Waals surface area contributed by atoms with Crippen LogP contribution in [0.5, 0.6) is 11.5 Å². The Morgan fingerprint density at radius 3 is 2.21 bits per heavy atom. The van der Waals surface area contributed by atoms with Crippen molar-refractivity contribution in [2.45, 2.75) is 25.2 Å². The van der Waals surface area contributed by atoms with Crippen LogP contribution < -0.4 is 19.5 Å². The Labute approximate surface area is 208 Å². The van der Waals surface area contributed by atoms with Gasteiger partial charge in [-0.1, -0.05) is 13.8 Å². The molecule has 2 N–H and O–H groups in total. The highest BCUT2D eigenvalue weighted by Crippen LogP contribution is 2.27. The molecular formula is C25H27BrN2O5S. The van der Waals surface area contributed by atoms with E-state index in [2.05, 4.69) is 39.8 Å². The number of benzene rings is 3. The van der Waals surface area contributed by atoms with E-state index in [1.165, 1.54) is 19.2 Å². The van der Waals surface area contributed by atoms with Gasteiger partial charge in [0.1, 0.15) is 11.5 Å². The fraction of sp³-hybridized carbons (Fsp3) is 0.240. The van der Waals surface area contributed by atoms with Crippen LogP contribution in [0.3, 0.4) is 0 Å². The van der Waals surface area contributed by atoms with Crippen molar-refractivity contribution in [2.75, 3.05) is 23.8 Å². The summed E-state index contributed by atoms with van der Waals surface area (Å²) in [7, 11) is -2.24. The van der Waals surface area contributed by atoms with E-state index in [0.717, 1.165) is 6.42 Å². The second-order valence-electron chi connectivity index (χ2n) is 7.99. The smallest absolute Gasteiger partial charge is 0.261 e. The molecule has 3 aromatic rings. The number of carbonyl (C=O) groups excluding carboxylic acids is 1. The molecule has 7 nitrogen and oxygen atoms in total. The van der Waals surface area contributed by atoms with E-state index in [0.29, 0.717) is 45.4 Å². The Balaban J connectivity index is 1.63. The molecule has 0 unspecified atom stereocenters. The summed E-state index contributed by atoms with van der Waals surface area (Å²) < 4.78 is 39.3. The van der Waals surface area contributed by atoms with E-state index in [4.69, 9.17) is 9.47 Å². The third kappa shape index (κ3) is 6.98. The van der Waals surface area contributed by atoms with Gasteiger partial charge in [-0.15, -0.1) is 0 Å². The number of halogens is 1. The fourth-order valence-corrected chi connectivity index (χ4v) is 4.51. The maximum absolute atomic E-state index is 12.6. The molecule has 0 bridgehead atoms. The van der Waals surface area contributed by atoms with Gasteiger partial charge in [0, 0.05) is 16.9 Å². The van der Waals surface area contributed by atoms with Crippen LogP contribution in [0.15, 0.2) is 76.1 Å². The second-order valence-corrected chi connectivity index (χ2v) is 10.5. The SMILES string of the molecule is COc1ccc(NS(=O)(=O)c2ccc(NC(=O)c3ccc(OCCC(C)C)c(Br)c3)cc2)cc1. The number of carbonyl (C=O) groups is 1. The van der Waals surface area contributed by atoms with Crippen LogP contribution in [-0.2, 0) is 10.0 Å². The molecule has 0 heterocycles. The van der Waals surface area contributed by atoms with Crippen LogP contribution >= 0.6 is 15.9 Å². The normalized spacial score (nSPS) is 11.2. The molecule has 3 aromatic carbocycles. The lowest BCUT2D eigenvalue weighted by molar-refractivity contribution is 0.102. The van der Waals surface area contributed by atoms with Gasteiger partial charge >= 0.3 is 0 Å². The van der Waals surface area contributed by atoms with E-state index in [1.807, 2.05) is 0 Å². The van der Waals surface area contributed by atoms with Crippen molar-refractivity contribution >= 4 is 43.2 Å². The number of sulfonamides is 1. The van der Waals surface area contributed by atoms with Crippen LogP contribution in [0, 0.1) is 5.92 Å². The van der Waals surface area contributed by atoms with E-state index >= 15 is 0 Å². The van der Waals surface area contributed by atoms with E-state index in [9.17, 15) is 13.2 Å². The molecule has 0 saturated carbocycles. The number of amides is 1. The lowest BCUT2D eigenvalue weighted by Crippen LogP contribution is -2.14. The van der Waals surface area contributed by atoms with Crippen LogP contribution in [0.2, 0.25) is 0 Å². The van der Waals surface area contributed by atoms with Gasteiger partial charge in [-0.05, 0) is 95.0 Å². The van der Waals surface area contributed by atoms with Gasteiger partial charge in [0.2, 0.25) is 0 Å². The van der Waals surface area contributed by atoms with Gasteiger partial charge in [-0.2, -0.15) is 0 Å². The van der Waals surface area contributed by atoms with Gasteiger partial charge < -0.3 is 14.8 Å². The third-order valence-electron chi connectivity index (χ3n) is 4.91. The number of ether oxygens (including phenoxy) is 2. The fourth-order valence-electron chi connectivity index (χ4n) is 2.96. The molecule has 34 heavy (non-hydrogen) atoms. The van der Waals surface area contributed by atoms with Crippen LogP contribution in [-0.4, -0.2) is 28.0 Å². The van der Waals surface area contributed by atoms with Gasteiger partial charge in [-0.3, -0.25) is 9.52 Å². The average molecular weight is 547 g/mol. The average Bonchev–Trinajstić information content (AvgIpc) is 2.80. The maximum Gasteiger partial charge on any atom is 0.261 e. The van der Waals surface area contributed by atoms with Gasteiger partial charge in [-0.25, -0.2) is 8.42 Å². The Morgan fingerprint density at radius 2 is 1.62 bits per heavy atom. The van der Waals surface area contributed by atoms with Crippen LogP contribution in [0.1, 0.15) is 30.6 Å². The zero-order valence-electron chi connectivity index (χ0n) is 19.2. The number of hydrogen-bond donors (Lipinski definition) is 2. The van der Waals surface area contributed by atoms with Gasteiger partial charge in [0.05, 0.1) is 23.1 Å². The van der Waals surface area contributed by atoms with E-state index in [-0.39, 0.29) is 10.8 Å². The Hall–Kier alpha value is -3.04. The highest BCUT2D eigenvalue weighted by Gasteiger charge is 2.15. The number of nitrogens with one attached hydrogen (secondary N) is 2. The highest BCUT2D eigenvalue weighted by molar-refractivity contribution is 9.10. The summed E-state index contributed by atoms with van der Waals surface area (Å²) in [5.74, 6) is 1.53. The molecule has 0 atom stereocenters. The molecule has 0 saturated heterocycles. The van der Waals surface area contributed by atoms with Crippen LogP contribution in [0.25, 0.3) is 0 Å². The number of hydrogen-bond acceptors (Lipinski definition) is 5. The summed E-state index contributed by atoms with van der Waals surface area (Å²) in [5, 5.41) is 2.77. The molecule has 0 radical (unpaired) electrons. The molecule has 0 spiro atoms. The molecule has 180 valence electrons. The molecule has 0 fully saturated rings. The Morgan fingerprint density at radius 1 is 0.971 bits per heavy atom. The van der Waals surface area contributed by atoms with Crippen molar-refractivity contribution < 1.29 is 22.7 Å². The monoisotopic (exact) mass is 546 g/mol. The molecule has 1 amide bonds. The molecule has 9 heteroatoms. The minimum absolute atomic E-state index is 0.0759. The number of anilines is 2. The largest absolute Gasteiger partial charge is 0.497 e. The van der Waals surface area contributed by atoms with Crippen molar-refractivity contribution in [1.29, 1.82) is 0 Å². The molecule has 0 aliphatic rings. The standard InChI is InChI=1S/C25H27BrN2O5S/c1-17(2)14-15-33-24-13-4-18(16-23(24)26)25(29)27-19-7-11-22(12-8-19)34(30,31)28-20-5-9-21(32-3)10-6-20/h4-13,16-17,28H,14-15H2,1-3H3,(H,27,29). The third-order valence-corrected chi connectivity index (χ3v) is 6.93. The van der Waals surface area contributed by atoms with Crippen molar-refractivity contribution in [3.8, 4) is 11.5 Å². The quantitative estimate of drug-likeness (QED) is 0.328. The zero-order chi connectivity index (χ0) is 24.7. The predicted molar refractivity (Wildman–Crippen MR) is 137 cm³/mol. The minimum Gasteiger partial charge on any atom is -0.497 e. The zero-order valence-corrected chi connectivity index (χ0v) is 21.6. The van der Waals surface area contributed by atoms with Gasteiger partial charge in [0.25, 0.3) is 15.9 Å². The lowest BCUT2D eigenvalue weighted by atomic mass is 10.1. The first-order chi connectivity index (χ1) is 16.2. The second kappa shape index (κ2) is 11.4. The summed E-state index contributed by atoms with van der Waals surface area (Å²) in [6.45, 7) is 4.86. The minimum atomic E-state index is -3.78. The van der Waals surface area contributed by atoms with Crippen LogP contribution in [0.4, 0.5) is 11.4 Å². The highest BCUT2D eigenvalue weighted by atomic mass is 79.9. The van der Waals surface area contributed by atoms with Crippen molar-refractivity contribution in [3.63, 3.8) is 0 Å². The van der Waals surface area contributed by atoms with E-state index in [1.54, 1.807) is 54.6 Å². The number of rotatable bonds is 10. The molecule has 0 aliphatic heterocycles. The molecular weight excluding hydrogens is 520 g/mol. The first kappa shape index (κ1) is 25.6. The summed E-state index contributed by atoms with van der Waals surface area (Å²) >= 11 is 3.45. The summed E-state index contributed by atoms with van der Waals surface area (Å²) in [5.41, 5.74) is 1.34. The van der Waals surface area contributed by atoms with Crippen molar-refractivity contribution in [1.82, 2.24) is 0 Å². The summed E-state index contributed by atoms with van der Waals surface area (Å²) in [6, 6.07) is 17.6. The van der Waals surface area contributed by atoms with Crippen molar-refractivity contribution in [3.05, 3.63) is 76.8 Å². The van der Waals surface area contributed by atoms with Gasteiger partial charge in [0.15, 0.2) is 0 Å². The maximum atomic E-state index is 12.6. The Kier molecular flexibility index (Phi) is 8.57. The number of methoxy groups -OCH3 is 1. The summed E-state index contributed by atoms with van der Waals surface area (Å²) in [4.78, 5) is 12.7. The first-order valence-corrected chi connectivity index (χ1v) is 13.0. The lowest BCUT2D eigenvalue weighted by Gasteiger charge is -2.12. The van der Waals surface area contributed by atoms with Crippen molar-refractivity contribution in [2.24, 2.45) is 5.92 Å². The molecule has 0 aliphatic carbocycles. The Bertz CT molecular complexity index is 1230. The van der Waals surface area contributed by atoms with E-state index < -0.39 is 10.0 Å². The molecule has 0 aromatic heterocycles. The topological polar surface area (TPSA) is 93.7 Å². The summed E-state index contributed by atoms with van der Waals surface area (Å²) in [6.07, 6.45) is 0.940. The first-order valence-electron chi connectivity index (χ1n) is 10.7. The molecule has 3 rings (SSSR count).